The highest BCUT2D eigenvalue weighted by molar-refractivity contribution is 5.75. The third-order valence-electron chi connectivity index (χ3n) is 5.17. The van der Waals surface area contributed by atoms with Crippen molar-refractivity contribution in [1.82, 2.24) is 24.8 Å². The largest absolute Gasteiger partial charge is 0.461 e. The van der Waals surface area contributed by atoms with E-state index in [9.17, 15) is 0 Å². The number of hydrogen-bond acceptors (Lipinski definition) is 5. The van der Waals surface area contributed by atoms with Gasteiger partial charge in [-0.1, -0.05) is 6.07 Å². The number of likely N-dealkylation sites (tertiary alicyclic amines) is 1. The van der Waals surface area contributed by atoms with Crippen LogP contribution in [0.2, 0.25) is 0 Å². The molecule has 1 atom stereocenters. The molecular weight excluding hydrogens is 338 g/mol. The highest BCUT2D eigenvalue weighted by Crippen LogP contribution is 2.32. The average Bonchev–Trinajstić information content (AvgIpc) is 3.42. The highest BCUT2D eigenvalue weighted by atomic mass is 16.3. The number of aromatic amines is 1. The minimum Gasteiger partial charge on any atom is -0.461 e. The summed E-state index contributed by atoms with van der Waals surface area (Å²) >= 11 is 0. The molecule has 136 valence electrons. The molecule has 0 saturated carbocycles. The molecular formula is C21H21N5O. The van der Waals surface area contributed by atoms with Crippen LogP contribution in [0.1, 0.15) is 35.8 Å². The van der Waals surface area contributed by atoms with Crippen LogP contribution < -0.4 is 0 Å². The number of rotatable bonds is 4. The zero-order valence-electron chi connectivity index (χ0n) is 15.2. The summed E-state index contributed by atoms with van der Waals surface area (Å²) in [6, 6.07) is 10.4. The maximum atomic E-state index is 5.36. The standard InChI is InChI=1S/C21H21N5O/c1-14-6-7-16-17(10-14)25-20(24-16)18-4-2-8-26(18)13-15-11-22-21(23-12-15)19-5-3-9-27-19/h3,5-7,9-12,18H,2,4,8,13H2,1H3,(H,24,25)/t18-/m0/s1. The lowest BCUT2D eigenvalue weighted by Crippen LogP contribution is -2.23. The van der Waals surface area contributed by atoms with Gasteiger partial charge in [0.25, 0.3) is 0 Å². The second-order valence-electron chi connectivity index (χ2n) is 7.16. The molecule has 4 heterocycles. The van der Waals surface area contributed by atoms with Gasteiger partial charge in [0.1, 0.15) is 5.82 Å². The number of aryl methyl sites for hydroxylation is 1. The quantitative estimate of drug-likeness (QED) is 0.589. The zero-order valence-corrected chi connectivity index (χ0v) is 15.2. The molecule has 0 radical (unpaired) electrons. The number of benzene rings is 1. The van der Waals surface area contributed by atoms with Crippen LogP contribution in [-0.2, 0) is 6.54 Å². The van der Waals surface area contributed by atoms with Crippen molar-refractivity contribution in [2.45, 2.75) is 32.4 Å². The minimum atomic E-state index is 0.308. The van der Waals surface area contributed by atoms with Crippen molar-refractivity contribution < 1.29 is 4.42 Å². The maximum absolute atomic E-state index is 5.36. The first-order chi connectivity index (χ1) is 13.3. The van der Waals surface area contributed by atoms with E-state index in [1.807, 2.05) is 24.5 Å². The van der Waals surface area contributed by atoms with Gasteiger partial charge in [0.15, 0.2) is 11.6 Å². The first kappa shape index (κ1) is 16.2. The Kier molecular flexibility index (Phi) is 3.98. The van der Waals surface area contributed by atoms with Gasteiger partial charge in [-0.25, -0.2) is 15.0 Å². The van der Waals surface area contributed by atoms with Crippen molar-refractivity contribution in [3.8, 4) is 11.6 Å². The Balaban J connectivity index is 1.36. The molecule has 0 spiro atoms. The summed E-state index contributed by atoms with van der Waals surface area (Å²) in [7, 11) is 0. The third-order valence-corrected chi connectivity index (χ3v) is 5.17. The number of H-pyrrole nitrogens is 1. The van der Waals surface area contributed by atoms with Gasteiger partial charge < -0.3 is 9.40 Å². The van der Waals surface area contributed by atoms with Crippen molar-refractivity contribution in [2.24, 2.45) is 0 Å². The fraction of sp³-hybridized carbons (Fsp3) is 0.286. The van der Waals surface area contributed by atoms with E-state index >= 15 is 0 Å². The van der Waals surface area contributed by atoms with Gasteiger partial charge in [0.2, 0.25) is 0 Å². The molecule has 0 bridgehead atoms. The topological polar surface area (TPSA) is 70.8 Å². The molecule has 1 fully saturated rings. The number of fused-ring (bicyclic) bond motifs is 1. The van der Waals surface area contributed by atoms with Crippen LogP contribution >= 0.6 is 0 Å². The van der Waals surface area contributed by atoms with Gasteiger partial charge >= 0.3 is 0 Å². The Morgan fingerprint density at radius 3 is 2.93 bits per heavy atom. The molecule has 6 nitrogen and oxygen atoms in total. The number of hydrogen-bond donors (Lipinski definition) is 1. The van der Waals surface area contributed by atoms with Gasteiger partial charge in [-0.05, 0) is 56.1 Å². The molecule has 0 amide bonds. The van der Waals surface area contributed by atoms with Crippen molar-refractivity contribution >= 4 is 11.0 Å². The predicted molar refractivity (Wildman–Crippen MR) is 103 cm³/mol. The normalized spacial score (nSPS) is 17.7. The number of aromatic nitrogens is 4. The van der Waals surface area contributed by atoms with Gasteiger partial charge in [0, 0.05) is 24.5 Å². The number of imidazole rings is 1. The summed E-state index contributed by atoms with van der Waals surface area (Å²) in [4.78, 5) is 19.7. The van der Waals surface area contributed by atoms with Gasteiger partial charge in [-0.2, -0.15) is 0 Å². The fourth-order valence-corrected chi connectivity index (χ4v) is 3.83. The van der Waals surface area contributed by atoms with Crippen LogP contribution in [-0.4, -0.2) is 31.4 Å². The van der Waals surface area contributed by atoms with Crippen LogP contribution in [0.5, 0.6) is 0 Å². The summed E-state index contributed by atoms with van der Waals surface area (Å²) in [6.45, 7) is 3.98. The van der Waals surface area contributed by atoms with Gasteiger partial charge in [-0.15, -0.1) is 0 Å². The van der Waals surface area contributed by atoms with Crippen molar-refractivity contribution in [3.05, 3.63) is 65.9 Å². The van der Waals surface area contributed by atoms with E-state index in [0.29, 0.717) is 17.6 Å². The Morgan fingerprint density at radius 2 is 2.11 bits per heavy atom. The van der Waals surface area contributed by atoms with Gasteiger partial charge in [-0.3, -0.25) is 4.90 Å². The van der Waals surface area contributed by atoms with E-state index in [4.69, 9.17) is 9.40 Å². The molecule has 27 heavy (non-hydrogen) atoms. The first-order valence-corrected chi connectivity index (χ1v) is 9.31. The Labute approximate surface area is 157 Å². The van der Waals surface area contributed by atoms with Crippen LogP contribution in [0.3, 0.4) is 0 Å². The van der Waals surface area contributed by atoms with Crippen LogP contribution in [0, 0.1) is 6.92 Å². The lowest BCUT2D eigenvalue weighted by molar-refractivity contribution is 0.240. The first-order valence-electron chi connectivity index (χ1n) is 9.31. The molecule has 5 rings (SSSR count). The van der Waals surface area contributed by atoms with Crippen molar-refractivity contribution in [2.75, 3.05) is 6.54 Å². The average molecular weight is 359 g/mol. The Morgan fingerprint density at radius 1 is 1.22 bits per heavy atom. The van der Waals surface area contributed by atoms with Crippen molar-refractivity contribution in [1.29, 1.82) is 0 Å². The van der Waals surface area contributed by atoms with E-state index < -0.39 is 0 Å². The SMILES string of the molecule is Cc1ccc2nc([C@@H]3CCCN3Cc3cnc(-c4ccco4)nc3)[nH]c2c1. The van der Waals surface area contributed by atoms with E-state index in [1.54, 1.807) is 6.26 Å². The number of nitrogens with zero attached hydrogens (tertiary/aromatic N) is 4. The molecule has 0 aliphatic carbocycles. The highest BCUT2D eigenvalue weighted by Gasteiger charge is 2.28. The molecule has 1 N–H and O–H groups in total. The van der Waals surface area contributed by atoms with Crippen molar-refractivity contribution in [3.63, 3.8) is 0 Å². The summed E-state index contributed by atoms with van der Waals surface area (Å²) in [5.41, 5.74) is 4.50. The predicted octanol–water partition coefficient (Wildman–Crippen LogP) is 4.26. The summed E-state index contributed by atoms with van der Waals surface area (Å²) in [5.74, 6) is 2.37. The second-order valence-corrected chi connectivity index (χ2v) is 7.16. The molecule has 1 aromatic carbocycles. The molecule has 1 aliphatic heterocycles. The van der Waals surface area contributed by atoms with Crippen LogP contribution in [0.15, 0.2) is 53.4 Å². The second kappa shape index (κ2) is 6.63. The molecule has 1 saturated heterocycles. The smallest absolute Gasteiger partial charge is 0.195 e. The van der Waals surface area contributed by atoms with E-state index in [2.05, 4.69) is 45.0 Å². The minimum absolute atomic E-state index is 0.308. The molecule has 1 aliphatic rings. The van der Waals surface area contributed by atoms with E-state index in [1.165, 1.54) is 12.0 Å². The maximum Gasteiger partial charge on any atom is 0.195 e. The molecule has 0 unspecified atom stereocenters. The molecule has 6 heteroatoms. The number of nitrogens with one attached hydrogen (secondary N) is 1. The van der Waals surface area contributed by atoms with E-state index in [-0.39, 0.29) is 0 Å². The lowest BCUT2D eigenvalue weighted by atomic mass is 10.2. The van der Waals surface area contributed by atoms with Crippen LogP contribution in [0.25, 0.3) is 22.6 Å². The fourth-order valence-electron chi connectivity index (χ4n) is 3.83. The summed E-state index contributed by atoms with van der Waals surface area (Å²) in [5, 5.41) is 0. The summed E-state index contributed by atoms with van der Waals surface area (Å²) < 4.78 is 5.36. The zero-order chi connectivity index (χ0) is 18.2. The molecule has 4 aromatic rings. The lowest BCUT2D eigenvalue weighted by Gasteiger charge is -2.22. The third kappa shape index (κ3) is 3.13. The monoisotopic (exact) mass is 359 g/mol. The van der Waals surface area contributed by atoms with E-state index in [0.717, 1.165) is 41.9 Å². The number of furan rings is 1. The van der Waals surface area contributed by atoms with Gasteiger partial charge in [0.05, 0.1) is 23.3 Å². The molecule has 3 aromatic heterocycles. The Bertz CT molecular complexity index is 1050. The summed E-state index contributed by atoms with van der Waals surface area (Å²) in [6.07, 6.45) is 7.71. The van der Waals surface area contributed by atoms with Crippen LogP contribution in [0.4, 0.5) is 0 Å². The Hall–Kier alpha value is -2.99.